The third-order valence-electron chi connectivity index (χ3n) is 4.73. The molecule has 2 aromatic rings. The highest BCUT2D eigenvalue weighted by Crippen LogP contribution is 2.34. The minimum absolute atomic E-state index is 0.0811. The van der Waals surface area contributed by atoms with Crippen molar-refractivity contribution in [3.05, 3.63) is 34.5 Å². The first kappa shape index (κ1) is 19.3. The van der Waals surface area contributed by atoms with Crippen LogP contribution in [0.1, 0.15) is 40.6 Å². The van der Waals surface area contributed by atoms with Gasteiger partial charge in [0, 0.05) is 30.4 Å². The summed E-state index contributed by atoms with van der Waals surface area (Å²) in [7, 11) is 0. The van der Waals surface area contributed by atoms with Gasteiger partial charge in [-0.15, -0.1) is 11.3 Å². The topological polar surface area (TPSA) is 84.4 Å². The Morgan fingerprint density at radius 2 is 2.07 bits per heavy atom. The smallest absolute Gasteiger partial charge is 0.341 e. The summed E-state index contributed by atoms with van der Waals surface area (Å²) in [6.45, 7) is 7.28. The first-order valence-corrected chi connectivity index (χ1v) is 9.92. The molecule has 0 aliphatic carbocycles. The van der Waals surface area contributed by atoms with E-state index >= 15 is 0 Å². The molecule has 0 spiro atoms. The molecule has 8 heteroatoms. The van der Waals surface area contributed by atoms with E-state index in [9.17, 15) is 9.59 Å². The maximum Gasteiger partial charge on any atom is 0.341 e. The lowest BCUT2D eigenvalue weighted by molar-refractivity contribution is -0.120. The van der Waals surface area contributed by atoms with Gasteiger partial charge >= 0.3 is 5.97 Å². The molecule has 0 bridgehead atoms. The molecule has 1 N–H and O–H groups in total. The number of esters is 1. The number of ether oxygens (including phenoxy) is 1. The molecule has 0 aromatic carbocycles. The molecule has 0 saturated carbocycles. The van der Waals surface area contributed by atoms with Crippen LogP contribution in [0.5, 0.6) is 0 Å². The van der Waals surface area contributed by atoms with Crippen molar-refractivity contribution in [1.29, 1.82) is 0 Å². The zero-order valence-corrected chi connectivity index (χ0v) is 16.6. The highest BCUT2D eigenvalue weighted by molar-refractivity contribution is 7.16. The van der Waals surface area contributed by atoms with Crippen molar-refractivity contribution in [3.8, 4) is 0 Å². The summed E-state index contributed by atoms with van der Waals surface area (Å²) < 4.78 is 5.16. The lowest BCUT2D eigenvalue weighted by Crippen LogP contribution is -2.41. The Hall–Kier alpha value is -2.48. The Morgan fingerprint density at radius 1 is 1.33 bits per heavy atom. The number of piperidine rings is 1. The molecule has 7 nitrogen and oxygen atoms in total. The maximum absolute atomic E-state index is 12.9. The number of amides is 1. The van der Waals surface area contributed by atoms with Crippen LogP contribution in [0.2, 0.25) is 0 Å². The fraction of sp³-hybridized carbons (Fsp3) is 0.474. The summed E-state index contributed by atoms with van der Waals surface area (Å²) in [6.07, 6.45) is 5.10. The fourth-order valence-corrected chi connectivity index (χ4v) is 4.26. The Kier molecular flexibility index (Phi) is 6.05. The molecular weight excluding hydrogens is 364 g/mol. The quantitative estimate of drug-likeness (QED) is 0.792. The summed E-state index contributed by atoms with van der Waals surface area (Å²) in [4.78, 5) is 36.8. The van der Waals surface area contributed by atoms with E-state index in [1.807, 2.05) is 18.7 Å². The highest BCUT2D eigenvalue weighted by atomic mass is 32.1. The zero-order valence-electron chi connectivity index (χ0n) is 15.8. The SMILES string of the molecule is CCOC(=O)c1c(NC(=O)C2CCCN(c3ncccn3)C2)sc(C)c1C. The third kappa shape index (κ3) is 4.27. The average Bonchev–Trinajstić information content (AvgIpc) is 2.96. The Balaban J connectivity index is 1.74. The van der Waals surface area contributed by atoms with E-state index < -0.39 is 5.97 Å². The molecule has 144 valence electrons. The second-order valence-electron chi connectivity index (χ2n) is 6.53. The Morgan fingerprint density at radius 3 is 2.78 bits per heavy atom. The van der Waals surface area contributed by atoms with E-state index in [1.54, 1.807) is 25.4 Å². The van der Waals surface area contributed by atoms with Gasteiger partial charge in [0.2, 0.25) is 11.9 Å². The predicted molar refractivity (Wildman–Crippen MR) is 105 cm³/mol. The van der Waals surface area contributed by atoms with E-state index in [0.717, 1.165) is 29.8 Å². The summed E-state index contributed by atoms with van der Waals surface area (Å²) in [5.74, 6) is -0.00891. The summed E-state index contributed by atoms with van der Waals surface area (Å²) in [5, 5.41) is 3.54. The molecule has 1 amide bonds. The van der Waals surface area contributed by atoms with Crippen molar-refractivity contribution in [2.45, 2.75) is 33.6 Å². The lowest BCUT2D eigenvalue weighted by atomic mass is 9.97. The van der Waals surface area contributed by atoms with Crippen LogP contribution in [-0.4, -0.2) is 41.5 Å². The van der Waals surface area contributed by atoms with Crippen LogP contribution < -0.4 is 10.2 Å². The third-order valence-corrected chi connectivity index (χ3v) is 5.85. The molecule has 1 aliphatic rings. The number of rotatable bonds is 5. The number of anilines is 2. The van der Waals surface area contributed by atoms with E-state index in [4.69, 9.17) is 4.74 Å². The van der Waals surface area contributed by atoms with Crippen LogP contribution in [0.25, 0.3) is 0 Å². The maximum atomic E-state index is 12.9. The fourth-order valence-electron chi connectivity index (χ4n) is 3.21. The molecule has 1 unspecified atom stereocenters. The Bertz CT molecular complexity index is 822. The van der Waals surface area contributed by atoms with Gasteiger partial charge in [0.1, 0.15) is 5.00 Å². The molecule has 3 heterocycles. The number of aromatic nitrogens is 2. The van der Waals surface area contributed by atoms with Crippen LogP contribution >= 0.6 is 11.3 Å². The number of hydrogen-bond acceptors (Lipinski definition) is 7. The van der Waals surface area contributed by atoms with Crippen LogP contribution in [0, 0.1) is 19.8 Å². The van der Waals surface area contributed by atoms with Gasteiger partial charge < -0.3 is 15.0 Å². The van der Waals surface area contributed by atoms with Gasteiger partial charge in [0.15, 0.2) is 0 Å². The highest BCUT2D eigenvalue weighted by Gasteiger charge is 2.29. The number of carbonyl (C=O) groups is 2. The van der Waals surface area contributed by atoms with Gasteiger partial charge in [-0.3, -0.25) is 4.79 Å². The van der Waals surface area contributed by atoms with Crippen LogP contribution in [-0.2, 0) is 9.53 Å². The molecule has 1 atom stereocenters. The number of aryl methyl sites for hydroxylation is 1. The molecule has 1 saturated heterocycles. The second kappa shape index (κ2) is 8.47. The van der Waals surface area contributed by atoms with Gasteiger partial charge in [0.05, 0.1) is 18.1 Å². The Labute approximate surface area is 162 Å². The van der Waals surface area contributed by atoms with Gasteiger partial charge in [-0.2, -0.15) is 0 Å². The largest absolute Gasteiger partial charge is 0.462 e. The van der Waals surface area contributed by atoms with Crippen LogP contribution in [0.4, 0.5) is 10.9 Å². The summed E-state index contributed by atoms with van der Waals surface area (Å²) >= 11 is 1.41. The van der Waals surface area contributed by atoms with Gasteiger partial charge in [-0.25, -0.2) is 14.8 Å². The molecular formula is C19H24N4O3S. The van der Waals surface area contributed by atoms with Crippen molar-refractivity contribution in [2.24, 2.45) is 5.92 Å². The van der Waals surface area contributed by atoms with Crippen molar-refractivity contribution in [1.82, 2.24) is 9.97 Å². The van der Waals surface area contributed by atoms with E-state index in [1.165, 1.54) is 11.3 Å². The van der Waals surface area contributed by atoms with Crippen molar-refractivity contribution in [2.75, 3.05) is 29.9 Å². The molecule has 1 fully saturated rings. The lowest BCUT2D eigenvalue weighted by Gasteiger charge is -2.31. The standard InChI is InChI=1S/C19H24N4O3S/c1-4-26-18(25)15-12(2)13(3)27-17(15)22-16(24)14-7-5-10-23(11-14)19-20-8-6-9-21-19/h6,8-9,14H,4-5,7,10-11H2,1-3H3,(H,22,24). The average molecular weight is 388 g/mol. The van der Waals surface area contributed by atoms with Crippen molar-refractivity contribution < 1.29 is 14.3 Å². The zero-order chi connectivity index (χ0) is 19.4. The number of hydrogen-bond donors (Lipinski definition) is 1. The predicted octanol–water partition coefficient (Wildman–Crippen LogP) is 3.19. The minimum atomic E-state index is -0.391. The van der Waals surface area contributed by atoms with E-state index in [-0.39, 0.29) is 11.8 Å². The number of carbonyl (C=O) groups excluding carboxylic acids is 2. The normalized spacial score (nSPS) is 16.9. The van der Waals surface area contributed by atoms with E-state index in [0.29, 0.717) is 29.7 Å². The van der Waals surface area contributed by atoms with Gasteiger partial charge in [0.25, 0.3) is 0 Å². The number of nitrogens with one attached hydrogen (secondary N) is 1. The first-order chi connectivity index (χ1) is 13.0. The van der Waals surface area contributed by atoms with Gasteiger partial charge in [-0.05, 0) is 45.2 Å². The van der Waals surface area contributed by atoms with Crippen molar-refractivity contribution in [3.63, 3.8) is 0 Å². The van der Waals surface area contributed by atoms with Crippen molar-refractivity contribution >= 4 is 34.2 Å². The van der Waals surface area contributed by atoms with E-state index in [2.05, 4.69) is 15.3 Å². The number of nitrogens with zero attached hydrogens (tertiary/aromatic N) is 3. The molecule has 2 aromatic heterocycles. The first-order valence-electron chi connectivity index (χ1n) is 9.11. The summed E-state index contributed by atoms with van der Waals surface area (Å²) in [5.41, 5.74) is 1.32. The monoisotopic (exact) mass is 388 g/mol. The number of thiophene rings is 1. The van der Waals surface area contributed by atoms with Crippen LogP contribution in [0.15, 0.2) is 18.5 Å². The molecule has 0 radical (unpaired) electrons. The molecule has 3 rings (SSSR count). The molecule has 1 aliphatic heterocycles. The minimum Gasteiger partial charge on any atom is -0.462 e. The summed E-state index contributed by atoms with van der Waals surface area (Å²) in [6, 6.07) is 1.77. The van der Waals surface area contributed by atoms with Gasteiger partial charge in [-0.1, -0.05) is 0 Å². The van der Waals surface area contributed by atoms with Crippen LogP contribution in [0.3, 0.4) is 0 Å². The second-order valence-corrected chi connectivity index (χ2v) is 7.76. The molecule has 27 heavy (non-hydrogen) atoms.